The van der Waals surface area contributed by atoms with Gasteiger partial charge in [0, 0.05) is 12.1 Å². The van der Waals surface area contributed by atoms with Crippen LogP contribution in [0.3, 0.4) is 0 Å². The van der Waals surface area contributed by atoms with E-state index < -0.39 is 0 Å². The van der Waals surface area contributed by atoms with Crippen molar-refractivity contribution in [3.05, 3.63) is 23.8 Å². The Morgan fingerprint density at radius 2 is 2.07 bits per heavy atom. The van der Waals surface area contributed by atoms with Gasteiger partial charge in [-0.15, -0.1) is 0 Å². The first-order chi connectivity index (χ1) is 7.31. The maximum absolute atomic E-state index is 5.54. The molecule has 0 aromatic heterocycles. The van der Waals surface area contributed by atoms with Crippen molar-refractivity contribution < 1.29 is 9.47 Å². The molecule has 1 aromatic carbocycles. The van der Waals surface area contributed by atoms with Crippen LogP contribution in [-0.2, 0) is 6.54 Å². The van der Waals surface area contributed by atoms with E-state index in [9.17, 15) is 0 Å². The highest BCUT2D eigenvalue weighted by atomic mass is 16.5. The topological polar surface area (TPSA) is 30.5 Å². The van der Waals surface area contributed by atoms with Crippen LogP contribution in [-0.4, -0.2) is 20.3 Å². The molecule has 0 heterocycles. The van der Waals surface area contributed by atoms with Gasteiger partial charge in [0.15, 0.2) is 0 Å². The molecule has 0 aliphatic carbocycles. The smallest absolute Gasteiger partial charge is 0.124 e. The molecule has 1 aromatic rings. The van der Waals surface area contributed by atoms with Crippen LogP contribution in [0.5, 0.6) is 11.5 Å². The van der Waals surface area contributed by atoms with E-state index in [4.69, 9.17) is 9.47 Å². The van der Waals surface area contributed by atoms with Crippen LogP contribution in [0.1, 0.15) is 19.4 Å². The van der Waals surface area contributed by atoms with Crippen molar-refractivity contribution in [2.45, 2.75) is 20.4 Å². The second kappa shape index (κ2) is 6.30. The summed E-state index contributed by atoms with van der Waals surface area (Å²) in [5.74, 6) is 1.80. The lowest BCUT2D eigenvalue weighted by Gasteiger charge is -2.11. The number of nitrogens with one attached hydrogen (secondary N) is 1. The zero-order valence-electron chi connectivity index (χ0n) is 9.67. The second-order valence-corrected chi connectivity index (χ2v) is 3.19. The predicted molar refractivity (Wildman–Crippen MR) is 61.5 cm³/mol. The van der Waals surface area contributed by atoms with E-state index in [2.05, 4.69) is 12.2 Å². The summed E-state index contributed by atoms with van der Waals surface area (Å²) in [5.41, 5.74) is 1.14. The minimum Gasteiger partial charge on any atom is -0.497 e. The maximum atomic E-state index is 5.54. The van der Waals surface area contributed by atoms with Crippen molar-refractivity contribution in [2.75, 3.05) is 20.3 Å². The van der Waals surface area contributed by atoms with Crippen LogP contribution in [0.4, 0.5) is 0 Å². The van der Waals surface area contributed by atoms with Gasteiger partial charge in [0.2, 0.25) is 0 Å². The third kappa shape index (κ3) is 3.44. The van der Waals surface area contributed by atoms with Crippen LogP contribution in [0.15, 0.2) is 18.2 Å². The lowest BCUT2D eigenvalue weighted by Crippen LogP contribution is -2.13. The van der Waals surface area contributed by atoms with Crippen LogP contribution in [0.2, 0.25) is 0 Å². The Morgan fingerprint density at radius 1 is 1.27 bits per heavy atom. The predicted octanol–water partition coefficient (Wildman–Crippen LogP) is 2.20. The Hall–Kier alpha value is -1.22. The zero-order chi connectivity index (χ0) is 11.1. The van der Waals surface area contributed by atoms with E-state index >= 15 is 0 Å². The third-order valence-corrected chi connectivity index (χ3v) is 2.13. The minimum atomic E-state index is 0.686. The van der Waals surface area contributed by atoms with E-state index in [-0.39, 0.29) is 0 Å². The molecule has 15 heavy (non-hydrogen) atoms. The third-order valence-electron chi connectivity index (χ3n) is 2.13. The van der Waals surface area contributed by atoms with Gasteiger partial charge in [-0.3, -0.25) is 0 Å². The average molecular weight is 209 g/mol. The van der Waals surface area contributed by atoms with E-state index in [1.54, 1.807) is 7.11 Å². The van der Waals surface area contributed by atoms with Gasteiger partial charge >= 0.3 is 0 Å². The van der Waals surface area contributed by atoms with Crippen LogP contribution in [0.25, 0.3) is 0 Å². The van der Waals surface area contributed by atoms with Crippen LogP contribution in [0, 0.1) is 0 Å². The van der Waals surface area contributed by atoms with Crippen molar-refractivity contribution in [1.29, 1.82) is 0 Å². The second-order valence-electron chi connectivity index (χ2n) is 3.19. The average Bonchev–Trinajstić information content (AvgIpc) is 2.28. The van der Waals surface area contributed by atoms with Gasteiger partial charge in [-0.2, -0.15) is 0 Å². The summed E-state index contributed by atoms with van der Waals surface area (Å²) >= 11 is 0. The summed E-state index contributed by atoms with van der Waals surface area (Å²) in [4.78, 5) is 0. The monoisotopic (exact) mass is 209 g/mol. The molecule has 0 saturated carbocycles. The molecule has 0 unspecified atom stereocenters. The highest BCUT2D eigenvalue weighted by Gasteiger charge is 2.04. The Bertz CT molecular complexity index is 300. The highest BCUT2D eigenvalue weighted by Crippen LogP contribution is 2.24. The van der Waals surface area contributed by atoms with E-state index in [1.807, 2.05) is 25.1 Å². The molecule has 0 bridgehead atoms. The first kappa shape index (κ1) is 11.9. The fourth-order valence-corrected chi connectivity index (χ4v) is 1.38. The molecule has 3 heteroatoms. The van der Waals surface area contributed by atoms with Gasteiger partial charge in [0.05, 0.1) is 13.7 Å². The lowest BCUT2D eigenvalue weighted by molar-refractivity contribution is 0.334. The van der Waals surface area contributed by atoms with Gasteiger partial charge in [-0.1, -0.05) is 6.92 Å². The molecule has 0 aliphatic rings. The normalized spacial score (nSPS) is 10.1. The first-order valence-electron chi connectivity index (χ1n) is 5.32. The summed E-state index contributed by atoms with van der Waals surface area (Å²) in [6, 6.07) is 5.88. The molecular formula is C12H19NO2. The first-order valence-corrected chi connectivity index (χ1v) is 5.32. The Kier molecular flexibility index (Phi) is 4.98. The van der Waals surface area contributed by atoms with Crippen molar-refractivity contribution in [3.8, 4) is 11.5 Å². The molecule has 0 saturated heterocycles. The summed E-state index contributed by atoms with van der Waals surface area (Å²) in [6.45, 7) is 6.51. The van der Waals surface area contributed by atoms with Crippen molar-refractivity contribution in [3.63, 3.8) is 0 Å². The summed E-state index contributed by atoms with van der Waals surface area (Å²) in [7, 11) is 1.67. The Morgan fingerprint density at radius 3 is 2.67 bits per heavy atom. The molecule has 84 valence electrons. The van der Waals surface area contributed by atoms with Crippen molar-refractivity contribution in [2.24, 2.45) is 0 Å². The van der Waals surface area contributed by atoms with E-state index in [0.717, 1.165) is 30.2 Å². The van der Waals surface area contributed by atoms with Gasteiger partial charge in [-0.05, 0) is 31.7 Å². The Balaban J connectivity index is 2.83. The zero-order valence-corrected chi connectivity index (χ0v) is 9.67. The summed E-state index contributed by atoms with van der Waals surface area (Å²) in [5, 5.41) is 3.28. The molecular weight excluding hydrogens is 190 g/mol. The lowest BCUT2D eigenvalue weighted by atomic mass is 10.2. The maximum Gasteiger partial charge on any atom is 0.124 e. The van der Waals surface area contributed by atoms with Crippen LogP contribution < -0.4 is 14.8 Å². The molecule has 0 atom stereocenters. The molecule has 0 spiro atoms. The molecule has 0 aliphatic heterocycles. The number of hydrogen-bond donors (Lipinski definition) is 1. The molecule has 0 radical (unpaired) electrons. The van der Waals surface area contributed by atoms with E-state index in [0.29, 0.717) is 6.61 Å². The highest BCUT2D eigenvalue weighted by molar-refractivity contribution is 5.40. The largest absolute Gasteiger partial charge is 0.497 e. The van der Waals surface area contributed by atoms with Gasteiger partial charge in [0.1, 0.15) is 11.5 Å². The SMILES string of the molecule is CCNCc1cc(OC)ccc1OCC. The molecule has 0 amide bonds. The molecule has 0 fully saturated rings. The summed E-state index contributed by atoms with van der Waals surface area (Å²) in [6.07, 6.45) is 0. The molecule has 3 nitrogen and oxygen atoms in total. The van der Waals surface area contributed by atoms with Gasteiger partial charge < -0.3 is 14.8 Å². The van der Waals surface area contributed by atoms with E-state index in [1.165, 1.54) is 0 Å². The quantitative estimate of drug-likeness (QED) is 0.779. The number of methoxy groups -OCH3 is 1. The van der Waals surface area contributed by atoms with Crippen LogP contribution >= 0.6 is 0 Å². The fourth-order valence-electron chi connectivity index (χ4n) is 1.38. The number of ether oxygens (including phenoxy) is 2. The number of benzene rings is 1. The van der Waals surface area contributed by atoms with Crippen molar-refractivity contribution >= 4 is 0 Å². The molecule has 1 N–H and O–H groups in total. The Labute approximate surface area is 91.4 Å². The summed E-state index contributed by atoms with van der Waals surface area (Å²) < 4.78 is 10.7. The fraction of sp³-hybridized carbons (Fsp3) is 0.500. The standard InChI is InChI=1S/C12H19NO2/c1-4-13-9-10-8-11(14-3)6-7-12(10)15-5-2/h6-8,13H,4-5,9H2,1-3H3. The minimum absolute atomic E-state index is 0.686. The van der Waals surface area contributed by atoms with Gasteiger partial charge in [0.25, 0.3) is 0 Å². The van der Waals surface area contributed by atoms with Gasteiger partial charge in [-0.25, -0.2) is 0 Å². The van der Waals surface area contributed by atoms with Crippen molar-refractivity contribution in [1.82, 2.24) is 5.32 Å². The number of hydrogen-bond acceptors (Lipinski definition) is 3. The molecule has 1 rings (SSSR count). The number of rotatable bonds is 6.